The summed E-state index contributed by atoms with van der Waals surface area (Å²) in [5.41, 5.74) is 1.60. The highest BCUT2D eigenvalue weighted by molar-refractivity contribution is 7.89. The van der Waals surface area contributed by atoms with E-state index in [1.807, 2.05) is 54.6 Å². The summed E-state index contributed by atoms with van der Waals surface area (Å²) in [7, 11) is -3.73. The minimum Gasteiger partial charge on any atom is -0.492 e. The van der Waals surface area contributed by atoms with Crippen LogP contribution in [0.25, 0.3) is 0 Å². The van der Waals surface area contributed by atoms with Gasteiger partial charge in [-0.1, -0.05) is 42.5 Å². The van der Waals surface area contributed by atoms with Crippen molar-refractivity contribution in [3.63, 3.8) is 0 Å². The van der Waals surface area contributed by atoms with Gasteiger partial charge >= 0.3 is 12.1 Å². The summed E-state index contributed by atoms with van der Waals surface area (Å²) in [6.07, 6.45) is 0.826. The minimum atomic E-state index is -3.73. The Morgan fingerprint density at radius 2 is 1.52 bits per heavy atom. The highest BCUT2D eigenvalue weighted by Crippen LogP contribution is 2.31. The fourth-order valence-electron chi connectivity index (χ4n) is 4.92. The first-order valence-electron chi connectivity index (χ1n) is 15.2. The molecule has 0 bridgehead atoms. The normalized spacial score (nSPS) is 14.2. The van der Waals surface area contributed by atoms with Crippen molar-refractivity contribution in [2.45, 2.75) is 56.6 Å². The summed E-state index contributed by atoms with van der Waals surface area (Å²) >= 11 is 0. The summed E-state index contributed by atoms with van der Waals surface area (Å²) < 4.78 is 44.1. The zero-order valence-corrected chi connectivity index (χ0v) is 27.2. The molecule has 0 spiro atoms. The molecule has 2 N–H and O–H groups in total. The first kappa shape index (κ1) is 34.5. The molecule has 1 heterocycles. The highest BCUT2D eigenvalue weighted by atomic mass is 32.2. The third-order valence-electron chi connectivity index (χ3n) is 7.23. The molecule has 11 nitrogen and oxygen atoms in total. The van der Waals surface area contributed by atoms with Crippen LogP contribution in [0.3, 0.4) is 0 Å². The number of sulfonamides is 1. The van der Waals surface area contributed by atoms with Gasteiger partial charge in [0.05, 0.1) is 11.4 Å². The van der Waals surface area contributed by atoms with E-state index in [0.717, 1.165) is 11.1 Å². The van der Waals surface area contributed by atoms with E-state index in [2.05, 4.69) is 10.6 Å². The zero-order valence-electron chi connectivity index (χ0n) is 26.4. The molecule has 3 aromatic rings. The van der Waals surface area contributed by atoms with E-state index in [1.54, 1.807) is 20.8 Å². The van der Waals surface area contributed by atoms with Gasteiger partial charge in [0.25, 0.3) is 5.91 Å². The summed E-state index contributed by atoms with van der Waals surface area (Å²) in [6, 6.07) is 22.8. The van der Waals surface area contributed by atoms with Crippen molar-refractivity contribution in [2.24, 2.45) is 0 Å². The maximum absolute atomic E-state index is 13.3. The van der Waals surface area contributed by atoms with E-state index < -0.39 is 33.6 Å². The second-order valence-electron chi connectivity index (χ2n) is 11.9. The van der Waals surface area contributed by atoms with Gasteiger partial charge in [-0.25, -0.2) is 13.2 Å². The molecule has 12 heteroatoms. The third kappa shape index (κ3) is 10.3. The molecule has 3 aromatic carbocycles. The Morgan fingerprint density at radius 1 is 0.870 bits per heavy atom. The predicted octanol–water partition coefficient (Wildman–Crippen LogP) is 4.63. The molecule has 1 aliphatic rings. The highest BCUT2D eigenvalue weighted by Gasteiger charge is 2.30. The van der Waals surface area contributed by atoms with Crippen LogP contribution in [-0.4, -0.2) is 69.1 Å². The summed E-state index contributed by atoms with van der Waals surface area (Å²) in [5, 5.41) is 5.16. The second kappa shape index (κ2) is 15.7. The number of hydrogen-bond donors (Lipinski definition) is 2. The van der Waals surface area contributed by atoms with E-state index in [9.17, 15) is 22.8 Å². The van der Waals surface area contributed by atoms with Gasteiger partial charge in [-0.3, -0.25) is 9.59 Å². The number of nitrogens with one attached hydrogen (secondary N) is 2. The number of piperidine rings is 1. The number of rotatable bonds is 12. The largest absolute Gasteiger partial charge is 0.492 e. The van der Waals surface area contributed by atoms with Crippen molar-refractivity contribution < 1.29 is 37.0 Å². The van der Waals surface area contributed by atoms with Crippen molar-refractivity contribution in [1.82, 2.24) is 14.9 Å². The molecule has 2 amide bonds. The van der Waals surface area contributed by atoms with Crippen LogP contribution in [0.15, 0.2) is 83.8 Å². The van der Waals surface area contributed by atoms with Crippen LogP contribution in [0, 0.1) is 0 Å². The Hall–Kier alpha value is -4.42. The predicted molar refractivity (Wildman–Crippen MR) is 172 cm³/mol. The maximum atomic E-state index is 13.3. The van der Waals surface area contributed by atoms with Crippen molar-refractivity contribution in [3.8, 4) is 5.75 Å². The number of carbonyl (C=O) groups excluding carboxylic acids is 3. The number of ether oxygens (including phenoxy) is 3. The monoisotopic (exact) mass is 651 g/mol. The number of hydrogen-bond acceptors (Lipinski definition) is 8. The molecule has 0 aliphatic carbocycles. The average molecular weight is 652 g/mol. The Balaban J connectivity index is 1.18. The lowest BCUT2D eigenvalue weighted by Crippen LogP contribution is -2.38. The third-order valence-corrected chi connectivity index (χ3v) is 9.14. The topological polar surface area (TPSA) is 140 Å². The molecule has 1 saturated heterocycles. The summed E-state index contributed by atoms with van der Waals surface area (Å²) in [5.74, 6) is -0.179. The second-order valence-corrected chi connectivity index (χ2v) is 13.8. The molecule has 1 fully saturated rings. The molecule has 1 aliphatic heterocycles. The van der Waals surface area contributed by atoms with Crippen LogP contribution in [0.4, 0.5) is 4.79 Å². The molecule has 0 radical (unpaired) electrons. The molecule has 0 unspecified atom stereocenters. The lowest BCUT2D eigenvalue weighted by Gasteiger charge is -2.31. The van der Waals surface area contributed by atoms with Crippen molar-refractivity contribution in [3.05, 3.63) is 95.6 Å². The zero-order chi connectivity index (χ0) is 33.2. The van der Waals surface area contributed by atoms with Crippen LogP contribution in [0.1, 0.15) is 61.0 Å². The number of carbonyl (C=O) groups is 3. The first-order chi connectivity index (χ1) is 21.9. The maximum Gasteiger partial charge on any atom is 0.407 e. The molecule has 246 valence electrons. The molecule has 4 rings (SSSR count). The minimum absolute atomic E-state index is 0.107. The van der Waals surface area contributed by atoms with Gasteiger partial charge in [0, 0.05) is 18.7 Å². The Bertz CT molecular complexity index is 1560. The summed E-state index contributed by atoms with van der Waals surface area (Å²) in [4.78, 5) is 36.2. The standard InChI is InChI=1S/C34H41N3O8S/c1-34(2,3)45-31(38)23-36-32(39)28-11-15-30(16-12-28)46(41,42)37-20-17-27(18-21-37)26-9-13-29(14-10-26)43-22-19-35-33(40)44-24-25-7-5-4-6-8-25/h4-16,27H,17-24H2,1-3H3,(H,35,40)(H,36,39). The quantitative estimate of drug-likeness (QED) is 0.213. The van der Waals surface area contributed by atoms with Crippen LogP contribution in [0.2, 0.25) is 0 Å². The van der Waals surface area contributed by atoms with E-state index >= 15 is 0 Å². The van der Waals surface area contributed by atoms with Crippen LogP contribution in [0.5, 0.6) is 5.75 Å². The number of esters is 1. The van der Waals surface area contributed by atoms with Gasteiger partial charge in [0.15, 0.2) is 0 Å². The molecular weight excluding hydrogens is 610 g/mol. The van der Waals surface area contributed by atoms with E-state index in [-0.39, 0.29) is 36.1 Å². The molecule has 46 heavy (non-hydrogen) atoms. The molecule has 0 saturated carbocycles. The van der Waals surface area contributed by atoms with E-state index in [4.69, 9.17) is 14.2 Å². The molecular formula is C34H41N3O8S. The van der Waals surface area contributed by atoms with Crippen LogP contribution >= 0.6 is 0 Å². The van der Waals surface area contributed by atoms with Crippen molar-refractivity contribution in [2.75, 3.05) is 32.8 Å². The fraction of sp³-hybridized carbons (Fsp3) is 0.382. The Morgan fingerprint density at radius 3 is 2.15 bits per heavy atom. The van der Waals surface area contributed by atoms with Gasteiger partial charge in [-0.15, -0.1) is 0 Å². The van der Waals surface area contributed by atoms with E-state index in [1.165, 1.54) is 28.6 Å². The van der Waals surface area contributed by atoms with Crippen molar-refractivity contribution >= 4 is 28.0 Å². The Labute approximate surface area is 270 Å². The van der Waals surface area contributed by atoms with Gasteiger partial charge in [0.2, 0.25) is 10.0 Å². The molecule has 0 aromatic heterocycles. The lowest BCUT2D eigenvalue weighted by atomic mass is 9.90. The van der Waals surface area contributed by atoms with Crippen molar-refractivity contribution in [1.29, 1.82) is 0 Å². The number of amides is 2. The average Bonchev–Trinajstić information content (AvgIpc) is 3.05. The number of nitrogens with zero attached hydrogens (tertiary/aromatic N) is 1. The van der Waals surface area contributed by atoms with Gasteiger partial charge < -0.3 is 24.8 Å². The number of alkyl carbamates (subject to hydrolysis) is 1. The van der Waals surface area contributed by atoms with Crippen LogP contribution < -0.4 is 15.4 Å². The van der Waals surface area contributed by atoms with Crippen LogP contribution in [-0.2, 0) is 30.9 Å². The van der Waals surface area contributed by atoms with Gasteiger partial charge in [-0.2, -0.15) is 4.31 Å². The lowest BCUT2D eigenvalue weighted by molar-refractivity contribution is -0.153. The Kier molecular flexibility index (Phi) is 11.8. The smallest absolute Gasteiger partial charge is 0.407 e. The fourth-order valence-corrected chi connectivity index (χ4v) is 6.39. The molecule has 0 atom stereocenters. The first-order valence-corrected chi connectivity index (χ1v) is 16.6. The summed E-state index contributed by atoms with van der Waals surface area (Å²) in [6.45, 7) is 6.45. The number of benzene rings is 3. The van der Waals surface area contributed by atoms with E-state index in [0.29, 0.717) is 38.2 Å². The van der Waals surface area contributed by atoms with Gasteiger partial charge in [-0.05, 0) is 87.1 Å². The van der Waals surface area contributed by atoms with Gasteiger partial charge in [0.1, 0.15) is 31.1 Å². The SMILES string of the molecule is CC(C)(C)OC(=O)CNC(=O)c1ccc(S(=O)(=O)N2CCC(c3ccc(OCCNC(=O)OCc4ccccc4)cc3)CC2)cc1.